The van der Waals surface area contributed by atoms with Gasteiger partial charge in [-0.25, -0.2) is 4.79 Å². The summed E-state index contributed by atoms with van der Waals surface area (Å²) in [5.41, 5.74) is 2.18. The molecular weight excluding hydrogens is 338 g/mol. The fourth-order valence-electron chi connectivity index (χ4n) is 3.17. The zero-order chi connectivity index (χ0) is 17.8. The van der Waals surface area contributed by atoms with Crippen LogP contribution in [0.3, 0.4) is 0 Å². The Bertz CT molecular complexity index is 734. The lowest BCUT2D eigenvalue weighted by Gasteiger charge is -2.34. The van der Waals surface area contributed by atoms with Crippen molar-refractivity contribution in [3.63, 3.8) is 0 Å². The van der Waals surface area contributed by atoms with Gasteiger partial charge in [0.25, 0.3) is 0 Å². The van der Waals surface area contributed by atoms with Crippen LogP contribution >= 0.6 is 11.8 Å². The molecule has 25 heavy (non-hydrogen) atoms. The summed E-state index contributed by atoms with van der Waals surface area (Å²) in [6.45, 7) is 5.35. The van der Waals surface area contributed by atoms with Crippen LogP contribution in [0.2, 0.25) is 0 Å². The second kappa shape index (κ2) is 8.01. The van der Waals surface area contributed by atoms with Crippen LogP contribution in [0, 0.1) is 0 Å². The average Bonchev–Trinajstić information content (AvgIpc) is 3.10. The molecule has 7 heteroatoms. The SMILES string of the molecule is CCS[C@@H](C)c1noc(CN2CCc3ccccc3[C@@H]2C(=O)OC)n1. The van der Waals surface area contributed by atoms with Gasteiger partial charge in [-0.3, -0.25) is 4.90 Å². The molecular formula is C18H23N3O3S. The maximum atomic E-state index is 12.4. The van der Waals surface area contributed by atoms with E-state index in [9.17, 15) is 4.79 Å². The number of ether oxygens (including phenoxy) is 1. The Morgan fingerprint density at radius 1 is 1.48 bits per heavy atom. The normalized spacial score (nSPS) is 18.6. The maximum Gasteiger partial charge on any atom is 0.327 e. The molecule has 0 fully saturated rings. The van der Waals surface area contributed by atoms with E-state index in [1.807, 2.05) is 23.1 Å². The first-order valence-corrected chi connectivity index (χ1v) is 9.52. The van der Waals surface area contributed by atoms with Gasteiger partial charge in [-0.1, -0.05) is 36.3 Å². The topological polar surface area (TPSA) is 68.5 Å². The molecule has 0 radical (unpaired) electrons. The van der Waals surface area contributed by atoms with E-state index >= 15 is 0 Å². The number of hydrogen-bond donors (Lipinski definition) is 0. The van der Waals surface area contributed by atoms with E-state index < -0.39 is 6.04 Å². The van der Waals surface area contributed by atoms with Gasteiger partial charge in [-0.15, -0.1) is 0 Å². The largest absolute Gasteiger partial charge is 0.468 e. The van der Waals surface area contributed by atoms with Crippen LogP contribution in [0.25, 0.3) is 0 Å². The highest BCUT2D eigenvalue weighted by molar-refractivity contribution is 7.99. The molecule has 0 spiro atoms. The predicted molar refractivity (Wildman–Crippen MR) is 96.2 cm³/mol. The minimum absolute atomic E-state index is 0.195. The van der Waals surface area contributed by atoms with E-state index in [0.29, 0.717) is 18.3 Å². The number of esters is 1. The summed E-state index contributed by atoms with van der Waals surface area (Å²) in [5, 5.41) is 4.28. The molecule has 0 bridgehead atoms. The number of benzene rings is 1. The smallest absolute Gasteiger partial charge is 0.327 e. The monoisotopic (exact) mass is 361 g/mol. The summed E-state index contributed by atoms with van der Waals surface area (Å²) < 4.78 is 10.5. The molecule has 1 aliphatic rings. The Kier molecular flexibility index (Phi) is 5.75. The van der Waals surface area contributed by atoms with E-state index in [1.54, 1.807) is 11.8 Å². The highest BCUT2D eigenvalue weighted by atomic mass is 32.2. The highest BCUT2D eigenvalue weighted by Gasteiger charge is 2.34. The predicted octanol–water partition coefficient (Wildman–Crippen LogP) is 3.16. The second-order valence-corrected chi connectivity index (χ2v) is 7.61. The van der Waals surface area contributed by atoms with Crippen molar-refractivity contribution in [3.8, 4) is 0 Å². The molecule has 0 saturated heterocycles. The minimum Gasteiger partial charge on any atom is -0.468 e. The van der Waals surface area contributed by atoms with Crippen molar-refractivity contribution >= 4 is 17.7 Å². The molecule has 6 nitrogen and oxygen atoms in total. The molecule has 0 N–H and O–H groups in total. The van der Waals surface area contributed by atoms with Crippen molar-refractivity contribution in [2.45, 2.75) is 38.1 Å². The third-order valence-corrected chi connectivity index (χ3v) is 5.45. The fourth-order valence-corrected chi connectivity index (χ4v) is 3.92. The summed E-state index contributed by atoms with van der Waals surface area (Å²) >= 11 is 1.77. The van der Waals surface area contributed by atoms with Gasteiger partial charge in [-0.2, -0.15) is 16.7 Å². The molecule has 2 atom stereocenters. The summed E-state index contributed by atoms with van der Waals surface area (Å²) in [6.07, 6.45) is 0.882. The number of carbonyl (C=O) groups is 1. The second-order valence-electron chi connectivity index (χ2n) is 5.99. The number of aromatic nitrogens is 2. The molecule has 2 heterocycles. The number of hydrogen-bond acceptors (Lipinski definition) is 7. The molecule has 1 aromatic carbocycles. The van der Waals surface area contributed by atoms with Crippen LogP contribution in [-0.2, 0) is 22.5 Å². The Morgan fingerprint density at radius 2 is 2.28 bits per heavy atom. The Morgan fingerprint density at radius 3 is 3.04 bits per heavy atom. The number of carbonyl (C=O) groups excluding carboxylic acids is 1. The van der Waals surface area contributed by atoms with Gasteiger partial charge >= 0.3 is 5.97 Å². The summed E-state index contributed by atoms with van der Waals surface area (Å²) in [7, 11) is 1.42. The molecule has 3 rings (SSSR count). The maximum absolute atomic E-state index is 12.4. The molecule has 134 valence electrons. The molecule has 0 amide bonds. The number of rotatable bonds is 6. The van der Waals surface area contributed by atoms with Crippen molar-refractivity contribution in [1.82, 2.24) is 15.0 Å². The first kappa shape index (κ1) is 17.9. The zero-order valence-corrected chi connectivity index (χ0v) is 15.6. The molecule has 1 aromatic heterocycles. The van der Waals surface area contributed by atoms with E-state index in [2.05, 4.69) is 30.1 Å². The van der Waals surface area contributed by atoms with E-state index in [0.717, 1.165) is 24.3 Å². The van der Waals surface area contributed by atoms with Gasteiger partial charge in [0.1, 0.15) is 6.04 Å². The number of methoxy groups -OCH3 is 1. The summed E-state index contributed by atoms with van der Waals surface area (Å²) in [6, 6.07) is 7.57. The molecule has 0 unspecified atom stereocenters. The lowest BCUT2D eigenvalue weighted by molar-refractivity contribution is -0.148. The molecule has 0 saturated carbocycles. The quantitative estimate of drug-likeness (QED) is 0.732. The lowest BCUT2D eigenvalue weighted by Crippen LogP contribution is -2.39. The van der Waals surface area contributed by atoms with Crippen molar-refractivity contribution in [3.05, 3.63) is 47.1 Å². The van der Waals surface area contributed by atoms with Crippen LogP contribution in [0.5, 0.6) is 0 Å². The van der Waals surface area contributed by atoms with Crippen LogP contribution in [0.4, 0.5) is 0 Å². The zero-order valence-electron chi connectivity index (χ0n) is 14.8. The van der Waals surface area contributed by atoms with E-state index in [-0.39, 0.29) is 11.2 Å². The number of thioether (sulfide) groups is 1. The van der Waals surface area contributed by atoms with E-state index in [1.165, 1.54) is 12.7 Å². The minimum atomic E-state index is -0.437. The Hall–Kier alpha value is -1.86. The van der Waals surface area contributed by atoms with Crippen LogP contribution < -0.4 is 0 Å². The first-order valence-electron chi connectivity index (χ1n) is 8.47. The molecule has 0 aliphatic carbocycles. The average molecular weight is 361 g/mol. The van der Waals surface area contributed by atoms with Gasteiger partial charge in [0.15, 0.2) is 5.82 Å². The summed E-state index contributed by atoms with van der Waals surface area (Å²) in [4.78, 5) is 18.9. The van der Waals surface area contributed by atoms with Gasteiger partial charge in [0.2, 0.25) is 5.89 Å². The number of fused-ring (bicyclic) bond motifs is 1. The van der Waals surface area contributed by atoms with Gasteiger partial charge in [0.05, 0.1) is 18.9 Å². The third-order valence-electron chi connectivity index (χ3n) is 4.41. The van der Waals surface area contributed by atoms with Crippen molar-refractivity contribution < 1.29 is 14.1 Å². The fraction of sp³-hybridized carbons (Fsp3) is 0.500. The first-order chi connectivity index (χ1) is 12.1. The van der Waals surface area contributed by atoms with Gasteiger partial charge in [-0.05, 0) is 30.2 Å². The lowest BCUT2D eigenvalue weighted by atomic mass is 9.92. The molecule has 1 aliphatic heterocycles. The van der Waals surface area contributed by atoms with Gasteiger partial charge in [0, 0.05) is 6.54 Å². The molecule has 2 aromatic rings. The van der Waals surface area contributed by atoms with Crippen LogP contribution in [0.1, 0.15) is 48.0 Å². The van der Waals surface area contributed by atoms with Crippen LogP contribution in [-0.4, -0.2) is 40.4 Å². The number of nitrogens with zero attached hydrogens (tertiary/aromatic N) is 3. The Balaban J connectivity index is 1.81. The van der Waals surface area contributed by atoms with Crippen molar-refractivity contribution in [1.29, 1.82) is 0 Å². The standard InChI is InChI=1S/C18H23N3O3S/c1-4-25-12(2)17-19-15(24-20-17)11-21-10-9-13-7-5-6-8-14(13)16(21)18(22)23-3/h5-8,12,16H,4,9-11H2,1-3H3/t12-,16+/m0/s1. The van der Waals surface area contributed by atoms with Crippen molar-refractivity contribution in [2.75, 3.05) is 19.4 Å². The third kappa shape index (κ3) is 3.88. The summed E-state index contributed by atoms with van der Waals surface area (Å²) in [5.74, 6) is 1.97. The Labute approximate surface area is 151 Å². The van der Waals surface area contributed by atoms with Crippen molar-refractivity contribution in [2.24, 2.45) is 0 Å². The van der Waals surface area contributed by atoms with Gasteiger partial charge < -0.3 is 9.26 Å². The highest BCUT2D eigenvalue weighted by Crippen LogP contribution is 2.32. The van der Waals surface area contributed by atoms with Crippen LogP contribution in [0.15, 0.2) is 28.8 Å². The van der Waals surface area contributed by atoms with E-state index in [4.69, 9.17) is 9.26 Å².